The molecule has 1 aromatic heterocycles. The standard InChI is InChI=1S/C17H16N2/c1-2-7-16-14(4-1)13-5-3-6-15(13)17(19-16)12-8-10-18-11-9-12/h1-5,7-11,13,15,17,19H,6H2/t13?,15?,17-/m1/s1. The highest BCUT2D eigenvalue weighted by molar-refractivity contribution is 5.59. The van der Waals surface area contributed by atoms with Crippen molar-refractivity contribution in [3.63, 3.8) is 0 Å². The van der Waals surface area contributed by atoms with Crippen LogP contribution in [0.25, 0.3) is 0 Å². The van der Waals surface area contributed by atoms with E-state index >= 15 is 0 Å². The van der Waals surface area contributed by atoms with E-state index in [-0.39, 0.29) is 0 Å². The molecule has 2 aromatic rings. The zero-order valence-corrected chi connectivity index (χ0v) is 10.7. The SMILES string of the molecule is C1=CC2c3ccccc3N[C@H](c3ccncc3)C2C1. The van der Waals surface area contributed by atoms with Crippen molar-refractivity contribution in [3.05, 3.63) is 72.1 Å². The first-order chi connectivity index (χ1) is 9.43. The van der Waals surface area contributed by atoms with E-state index in [9.17, 15) is 0 Å². The first-order valence-electron chi connectivity index (χ1n) is 6.85. The van der Waals surface area contributed by atoms with Crippen LogP contribution in [0.2, 0.25) is 0 Å². The molecule has 0 bridgehead atoms. The largest absolute Gasteiger partial charge is 0.378 e. The summed E-state index contributed by atoms with van der Waals surface area (Å²) in [6, 6.07) is 13.3. The van der Waals surface area contributed by atoms with Gasteiger partial charge in [0.2, 0.25) is 0 Å². The van der Waals surface area contributed by atoms with Crippen molar-refractivity contribution < 1.29 is 0 Å². The second kappa shape index (κ2) is 4.23. The monoisotopic (exact) mass is 248 g/mol. The molecule has 2 heteroatoms. The topological polar surface area (TPSA) is 24.9 Å². The van der Waals surface area contributed by atoms with Gasteiger partial charge in [0.1, 0.15) is 0 Å². The van der Waals surface area contributed by atoms with E-state index in [2.05, 4.69) is 58.9 Å². The Balaban J connectivity index is 1.80. The van der Waals surface area contributed by atoms with E-state index in [0.717, 1.165) is 6.42 Å². The van der Waals surface area contributed by atoms with Crippen molar-refractivity contribution in [2.75, 3.05) is 5.32 Å². The van der Waals surface area contributed by atoms with Gasteiger partial charge in [0.15, 0.2) is 0 Å². The predicted octanol–water partition coefficient (Wildman–Crippen LogP) is 3.91. The summed E-state index contributed by atoms with van der Waals surface area (Å²) < 4.78 is 0. The van der Waals surface area contributed by atoms with Gasteiger partial charge < -0.3 is 5.32 Å². The molecule has 19 heavy (non-hydrogen) atoms. The molecule has 0 spiro atoms. The Labute approximate surface area is 113 Å². The highest BCUT2D eigenvalue weighted by atomic mass is 15.0. The number of pyridine rings is 1. The maximum atomic E-state index is 4.13. The molecule has 2 unspecified atom stereocenters. The lowest BCUT2D eigenvalue weighted by Crippen LogP contribution is -2.28. The molecule has 0 amide bonds. The third-order valence-corrected chi connectivity index (χ3v) is 4.34. The molecule has 0 saturated carbocycles. The fraction of sp³-hybridized carbons (Fsp3) is 0.235. The molecule has 2 nitrogen and oxygen atoms in total. The summed E-state index contributed by atoms with van der Waals surface area (Å²) in [5, 5.41) is 3.72. The average Bonchev–Trinajstić information content (AvgIpc) is 2.97. The number of rotatable bonds is 1. The molecule has 4 rings (SSSR count). The summed E-state index contributed by atoms with van der Waals surface area (Å²) in [7, 11) is 0. The minimum atomic E-state index is 0.387. The Morgan fingerprint density at radius 1 is 1.05 bits per heavy atom. The highest BCUT2D eigenvalue weighted by Crippen LogP contribution is 2.49. The Bertz CT molecular complexity index is 618. The summed E-state index contributed by atoms with van der Waals surface area (Å²) in [5.74, 6) is 1.17. The molecule has 2 heterocycles. The van der Waals surface area contributed by atoms with Crippen molar-refractivity contribution in [1.29, 1.82) is 0 Å². The molecule has 2 aliphatic rings. The summed E-state index contributed by atoms with van der Waals surface area (Å²) in [6.07, 6.45) is 9.62. The second-order valence-corrected chi connectivity index (χ2v) is 5.34. The predicted molar refractivity (Wildman–Crippen MR) is 77.0 cm³/mol. The Morgan fingerprint density at radius 2 is 1.89 bits per heavy atom. The van der Waals surface area contributed by atoms with E-state index in [1.807, 2.05) is 12.4 Å². The quantitative estimate of drug-likeness (QED) is 0.774. The van der Waals surface area contributed by atoms with E-state index in [4.69, 9.17) is 0 Å². The number of aromatic nitrogens is 1. The molecule has 1 aliphatic heterocycles. The van der Waals surface area contributed by atoms with Crippen molar-refractivity contribution in [2.45, 2.75) is 18.4 Å². The normalized spacial score (nSPS) is 27.5. The molecular formula is C17H16N2. The lowest BCUT2D eigenvalue weighted by molar-refractivity contribution is 0.425. The first-order valence-corrected chi connectivity index (χ1v) is 6.85. The molecule has 0 saturated heterocycles. The minimum absolute atomic E-state index is 0.387. The van der Waals surface area contributed by atoms with Gasteiger partial charge in [0.05, 0.1) is 6.04 Å². The van der Waals surface area contributed by atoms with Crippen LogP contribution in [0.1, 0.15) is 29.5 Å². The number of anilines is 1. The lowest BCUT2D eigenvalue weighted by Gasteiger charge is -2.37. The van der Waals surface area contributed by atoms with Crippen molar-refractivity contribution in [3.8, 4) is 0 Å². The minimum Gasteiger partial charge on any atom is -0.378 e. The Kier molecular flexibility index (Phi) is 2.41. The van der Waals surface area contributed by atoms with Gasteiger partial charge >= 0.3 is 0 Å². The van der Waals surface area contributed by atoms with Crippen LogP contribution in [0.4, 0.5) is 5.69 Å². The van der Waals surface area contributed by atoms with Crippen molar-refractivity contribution >= 4 is 5.69 Å². The zero-order chi connectivity index (χ0) is 12.7. The van der Waals surface area contributed by atoms with Crippen LogP contribution in [0.3, 0.4) is 0 Å². The molecule has 1 N–H and O–H groups in total. The number of hydrogen-bond acceptors (Lipinski definition) is 2. The Hall–Kier alpha value is -2.09. The Morgan fingerprint density at radius 3 is 2.79 bits per heavy atom. The summed E-state index contributed by atoms with van der Waals surface area (Å²) >= 11 is 0. The summed E-state index contributed by atoms with van der Waals surface area (Å²) in [4.78, 5) is 4.13. The van der Waals surface area contributed by atoms with E-state index < -0.39 is 0 Å². The first kappa shape index (κ1) is 10.8. The number of nitrogens with one attached hydrogen (secondary N) is 1. The maximum absolute atomic E-state index is 4.13. The number of nitrogens with zero attached hydrogens (tertiary/aromatic N) is 1. The van der Waals surface area contributed by atoms with Gasteiger partial charge in [0, 0.05) is 24.0 Å². The number of para-hydroxylation sites is 1. The number of allylic oxidation sites excluding steroid dienone is 2. The summed E-state index contributed by atoms with van der Waals surface area (Å²) in [6.45, 7) is 0. The fourth-order valence-electron chi connectivity index (χ4n) is 3.44. The van der Waals surface area contributed by atoms with Gasteiger partial charge in [-0.2, -0.15) is 0 Å². The van der Waals surface area contributed by atoms with Crippen LogP contribution in [0.5, 0.6) is 0 Å². The van der Waals surface area contributed by atoms with Gasteiger partial charge in [-0.25, -0.2) is 0 Å². The van der Waals surface area contributed by atoms with E-state index in [1.54, 1.807) is 0 Å². The van der Waals surface area contributed by atoms with E-state index in [0.29, 0.717) is 17.9 Å². The fourth-order valence-corrected chi connectivity index (χ4v) is 3.44. The maximum Gasteiger partial charge on any atom is 0.0555 e. The number of benzene rings is 1. The smallest absolute Gasteiger partial charge is 0.0555 e. The molecule has 0 fully saturated rings. The van der Waals surface area contributed by atoms with Crippen LogP contribution in [0.15, 0.2) is 60.9 Å². The van der Waals surface area contributed by atoms with Crippen LogP contribution < -0.4 is 5.32 Å². The van der Waals surface area contributed by atoms with Crippen molar-refractivity contribution in [1.82, 2.24) is 4.98 Å². The molecule has 1 aromatic carbocycles. The van der Waals surface area contributed by atoms with E-state index in [1.165, 1.54) is 16.8 Å². The third kappa shape index (κ3) is 1.67. The molecule has 0 radical (unpaired) electrons. The molecule has 1 aliphatic carbocycles. The van der Waals surface area contributed by atoms with Gasteiger partial charge in [-0.05, 0) is 41.7 Å². The van der Waals surface area contributed by atoms with Gasteiger partial charge in [-0.3, -0.25) is 4.98 Å². The zero-order valence-electron chi connectivity index (χ0n) is 10.7. The number of fused-ring (bicyclic) bond motifs is 3. The van der Waals surface area contributed by atoms with Crippen LogP contribution in [0, 0.1) is 5.92 Å². The average molecular weight is 248 g/mol. The van der Waals surface area contributed by atoms with Gasteiger partial charge in [-0.1, -0.05) is 30.4 Å². The molecule has 94 valence electrons. The third-order valence-electron chi connectivity index (χ3n) is 4.34. The van der Waals surface area contributed by atoms with Gasteiger partial charge in [-0.15, -0.1) is 0 Å². The highest BCUT2D eigenvalue weighted by Gasteiger charge is 2.37. The second-order valence-electron chi connectivity index (χ2n) is 5.34. The lowest BCUT2D eigenvalue weighted by atomic mass is 9.77. The van der Waals surface area contributed by atoms with Crippen LogP contribution in [-0.4, -0.2) is 4.98 Å². The summed E-state index contributed by atoms with van der Waals surface area (Å²) in [5.41, 5.74) is 4.05. The van der Waals surface area contributed by atoms with Crippen molar-refractivity contribution in [2.24, 2.45) is 5.92 Å². The number of hydrogen-bond donors (Lipinski definition) is 1. The van der Waals surface area contributed by atoms with Gasteiger partial charge in [0.25, 0.3) is 0 Å². The molecule has 3 atom stereocenters. The van der Waals surface area contributed by atoms with Crippen LogP contribution in [-0.2, 0) is 0 Å². The van der Waals surface area contributed by atoms with Crippen LogP contribution >= 0.6 is 0 Å². The molecular weight excluding hydrogens is 232 g/mol.